The van der Waals surface area contributed by atoms with Crippen LogP contribution in [-0.2, 0) is 22.6 Å². The van der Waals surface area contributed by atoms with Crippen LogP contribution in [0.25, 0.3) is 11.1 Å². The Morgan fingerprint density at radius 3 is 2.75 bits per heavy atom. The largest absolute Gasteiger partial charge is 0.460 e. The van der Waals surface area contributed by atoms with Gasteiger partial charge in [0.15, 0.2) is 0 Å². The van der Waals surface area contributed by atoms with Crippen LogP contribution in [0.5, 0.6) is 0 Å². The molecule has 1 atom stereocenters. The van der Waals surface area contributed by atoms with Gasteiger partial charge in [0.25, 0.3) is 0 Å². The molecular formula is C17H17NO2. The van der Waals surface area contributed by atoms with Gasteiger partial charge in [-0.1, -0.05) is 42.5 Å². The molecule has 0 unspecified atom stereocenters. The highest BCUT2D eigenvalue weighted by molar-refractivity contribution is 5.78. The molecule has 2 aromatic carbocycles. The summed E-state index contributed by atoms with van der Waals surface area (Å²) in [5, 5.41) is 0. The van der Waals surface area contributed by atoms with E-state index >= 15 is 0 Å². The summed E-state index contributed by atoms with van der Waals surface area (Å²) >= 11 is 0. The lowest BCUT2D eigenvalue weighted by Gasteiger charge is -2.10. The molecular weight excluding hydrogens is 250 g/mol. The van der Waals surface area contributed by atoms with E-state index in [1.54, 1.807) is 6.92 Å². The first kappa shape index (κ1) is 12.9. The average Bonchev–Trinajstić information content (AvgIpc) is 2.83. The molecule has 0 bridgehead atoms. The van der Waals surface area contributed by atoms with Gasteiger partial charge in [0.1, 0.15) is 12.6 Å². The number of ether oxygens (including phenoxy) is 1. The van der Waals surface area contributed by atoms with Crippen molar-refractivity contribution in [1.82, 2.24) is 0 Å². The quantitative estimate of drug-likeness (QED) is 0.742. The number of hydrogen-bond acceptors (Lipinski definition) is 3. The molecule has 1 aliphatic rings. The third-order valence-corrected chi connectivity index (χ3v) is 3.69. The van der Waals surface area contributed by atoms with Crippen molar-refractivity contribution in [2.45, 2.75) is 26.0 Å². The van der Waals surface area contributed by atoms with Crippen molar-refractivity contribution in [1.29, 1.82) is 0 Å². The Labute approximate surface area is 118 Å². The van der Waals surface area contributed by atoms with Crippen molar-refractivity contribution in [2.24, 2.45) is 5.73 Å². The Balaban J connectivity index is 1.88. The Morgan fingerprint density at radius 2 is 1.95 bits per heavy atom. The van der Waals surface area contributed by atoms with Gasteiger partial charge in [0, 0.05) is 0 Å². The molecule has 0 saturated carbocycles. The molecule has 3 nitrogen and oxygen atoms in total. The van der Waals surface area contributed by atoms with Gasteiger partial charge in [-0.3, -0.25) is 4.79 Å². The van der Waals surface area contributed by atoms with Crippen molar-refractivity contribution < 1.29 is 9.53 Å². The van der Waals surface area contributed by atoms with Gasteiger partial charge >= 0.3 is 5.97 Å². The maximum atomic E-state index is 11.5. The first-order chi connectivity index (χ1) is 9.66. The molecule has 3 rings (SSSR count). The van der Waals surface area contributed by atoms with Crippen LogP contribution in [0.2, 0.25) is 0 Å². The number of esters is 1. The monoisotopic (exact) mass is 267 g/mol. The summed E-state index contributed by atoms with van der Waals surface area (Å²) in [4.78, 5) is 11.5. The lowest BCUT2D eigenvalue weighted by molar-refractivity contribution is -0.146. The molecule has 0 spiro atoms. The lowest BCUT2D eigenvalue weighted by atomic mass is 10.0. The van der Waals surface area contributed by atoms with Gasteiger partial charge in [-0.25, -0.2) is 0 Å². The predicted molar refractivity (Wildman–Crippen MR) is 78.1 cm³/mol. The number of carbonyl (C=O) groups is 1. The number of rotatable bonds is 3. The molecule has 102 valence electrons. The van der Waals surface area contributed by atoms with E-state index in [4.69, 9.17) is 10.5 Å². The van der Waals surface area contributed by atoms with E-state index in [1.165, 1.54) is 22.3 Å². The van der Waals surface area contributed by atoms with E-state index < -0.39 is 6.04 Å². The smallest absolute Gasteiger partial charge is 0.322 e. The van der Waals surface area contributed by atoms with Gasteiger partial charge in [-0.15, -0.1) is 0 Å². The SMILES string of the molecule is C[C@H](N)C(=O)OCc1cccc2c1Cc1ccccc1-2. The summed E-state index contributed by atoms with van der Waals surface area (Å²) in [5.74, 6) is -0.363. The molecule has 0 saturated heterocycles. The molecule has 2 N–H and O–H groups in total. The fraction of sp³-hybridized carbons (Fsp3) is 0.235. The van der Waals surface area contributed by atoms with Crippen LogP contribution in [0.1, 0.15) is 23.6 Å². The first-order valence-electron chi connectivity index (χ1n) is 6.78. The molecule has 1 aliphatic carbocycles. The molecule has 0 aromatic heterocycles. The number of fused-ring (bicyclic) bond motifs is 3. The highest BCUT2D eigenvalue weighted by Crippen LogP contribution is 2.38. The summed E-state index contributed by atoms with van der Waals surface area (Å²) in [6, 6.07) is 14.0. The normalized spacial score (nSPS) is 13.5. The lowest BCUT2D eigenvalue weighted by Crippen LogP contribution is -2.28. The third-order valence-electron chi connectivity index (χ3n) is 3.69. The molecule has 0 amide bonds. The van der Waals surface area contributed by atoms with Crippen LogP contribution < -0.4 is 5.73 Å². The van der Waals surface area contributed by atoms with Crippen LogP contribution >= 0.6 is 0 Å². The fourth-order valence-corrected chi connectivity index (χ4v) is 2.64. The zero-order valence-electron chi connectivity index (χ0n) is 11.4. The van der Waals surface area contributed by atoms with Crippen LogP contribution in [0.4, 0.5) is 0 Å². The Kier molecular flexibility index (Phi) is 3.28. The van der Waals surface area contributed by atoms with Gasteiger partial charge in [-0.2, -0.15) is 0 Å². The van der Waals surface area contributed by atoms with E-state index in [0.29, 0.717) is 0 Å². The Hall–Kier alpha value is -2.13. The maximum Gasteiger partial charge on any atom is 0.322 e. The van der Waals surface area contributed by atoms with Crippen molar-refractivity contribution in [3.63, 3.8) is 0 Å². The number of carbonyl (C=O) groups excluding carboxylic acids is 1. The van der Waals surface area contributed by atoms with Gasteiger partial charge < -0.3 is 10.5 Å². The number of hydrogen-bond donors (Lipinski definition) is 1. The van der Waals surface area contributed by atoms with E-state index in [-0.39, 0.29) is 12.6 Å². The Bertz CT molecular complexity index is 662. The van der Waals surface area contributed by atoms with Crippen LogP contribution in [-0.4, -0.2) is 12.0 Å². The van der Waals surface area contributed by atoms with Crippen molar-refractivity contribution >= 4 is 5.97 Å². The molecule has 0 fully saturated rings. The predicted octanol–water partition coefficient (Wildman–Crippen LogP) is 2.65. The van der Waals surface area contributed by atoms with Crippen LogP contribution in [0.3, 0.4) is 0 Å². The highest BCUT2D eigenvalue weighted by atomic mass is 16.5. The minimum absolute atomic E-state index is 0.289. The van der Waals surface area contributed by atoms with Gasteiger partial charge in [-0.05, 0) is 41.2 Å². The first-order valence-corrected chi connectivity index (χ1v) is 6.78. The van der Waals surface area contributed by atoms with E-state index in [2.05, 4.69) is 30.3 Å². The van der Waals surface area contributed by atoms with E-state index in [0.717, 1.165) is 12.0 Å². The molecule has 0 aliphatic heterocycles. The van der Waals surface area contributed by atoms with Gasteiger partial charge in [0.2, 0.25) is 0 Å². The second kappa shape index (κ2) is 5.10. The standard InChI is InChI=1S/C17H17NO2/c1-11(18)17(19)20-10-13-6-4-8-15-14-7-3-2-5-12(14)9-16(13)15/h2-8,11H,9-10,18H2,1H3/t11-/m0/s1. The van der Waals surface area contributed by atoms with Crippen molar-refractivity contribution in [3.05, 3.63) is 59.2 Å². The van der Waals surface area contributed by atoms with Gasteiger partial charge in [0.05, 0.1) is 0 Å². The van der Waals surface area contributed by atoms with Crippen molar-refractivity contribution in [3.8, 4) is 11.1 Å². The average molecular weight is 267 g/mol. The van der Waals surface area contributed by atoms with E-state index in [1.807, 2.05) is 12.1 Å². The maximum absolute atomic E-state index is 11.5. The summed E-state index contributed by atoms with van der Waals surface area (Å²) in [7, 11) is 0. The molecule has 20 heavy (non-hydrogen) atoms. The topological polar surface area (TPSA) is 52.3 Å². The molecule has 0 radical (unpaired) electrons. The molecule has 3 heteroatoms. The zero-order valence-corrected chi connectivity index (χ0v) is 11.4. The second-order valence-corrected chi connectivity index (χ2v) is 5.17. The second-order valence-electron chi connectivity index (χ2n) is 5.17. The molecule has 0 heterocycles. The highest BCUT2D eigenvalue weighted by Gasteiger charge is 2.21. The van der Waals surface area contributed by atoms with E-state index in [9.17, 15) is 4.79 Å². The van der Waals surface area contributed by atoms with Crippen molar-refractivity contribution in [2.75, 3.05) is 0 Å². The van der Waals surface area contributed by atoms with Crippen LogP contribution in [0.15, 0.2) is 42.5 Å². The zero-order chi connectivity index (χ0) is 14.1. The summed E-state index contributed by atoms with van der Waals surface area (Å²) in [6.07, 6.45) is 0.900. The Morgan fingerprint density at radius 1 is 1.20 bits per heavy atom. The molecule has 2 aromatic rings. The summed E-state index contributed by atoms with van der Waals surface area (Å²) < 4.78 is 5.25. The number of benzene rings is 2. The summed E-state index contributed by atoms with van der Waals surface area (Å²) in [5.41, 5.74) is 11.7. The summed E-state index contributed by atoms with van der Waals surface area (Å²) in [6.45, 7) is 1.92. The fourth-order valence-electron chi connectivity index (χ4n) is 2.64. The van der Waals surface area contributed by atoms with Crippen LogP contribution in [0, 0.1) is 0 Å². The third kappa shape index (κ3) is 2.21. The minimum Gasteiger partial charge on any atom is -0.460 e. The number of nitrogens with two attached hydrogens (primary N) is 1. The minimum atomic E-state index is -0.580.